The van der Waals surface area contributed by atoms with E-state index in [1.165, 1.54) is 31.3 Å². The largest absolute Gasteiger partial charge is 0.330 e. The lowest BCUT2D eigenvalue weighted by atomic mass is 9.69. The smallest absolute Gasteiger partial charge is 0.230 e. The van der Waals surface area contributed by atoms with Crippen LogP contribution in [-0.4, -0.2) is 5.91 Å². The number of amides is 1. The van der Waals surface area contributed by atoms with Crippen LogP contribution >= 0.6 is 0 Å². The molecular weight excluding hydrogens is 198 g/mol. The Morgan fingerprint density at radius 3 is 2.69 bits per heavy atom. The second-order valence-corrected chi connectivity index (χ2v) is 6.03. The highest BCUT2D eigenvalue weighted by atomic mass is 16.2. The Labute approximate surface area is 97.5 Å². The molecule has 2 unspecified atom stereocenters. The molecule has 2 fully saturated rings. The van der Waals surface area contributed by atoms with Crippen molar-refractivity contribution in [2.45, 2.75) is 52.4 Å². The minimum absolute atomic E-state index is 0.0231. The summed E-state index contributed by atoms with van der Waals surface area (Å²) in [6.45, 7) is 4.21. The molecule has 3 aliphatic rings. The SMILES string of the molecule is CC1=C(C)NC(=O)C2(CCCC2C2CC2)C1. The molecule has 3 rings (SSSR count). The first-order valence-corrected chi connectivity index (χ1v) is 6.61. The maximum atomic E-state index is 12.4. The number of allylic oxidation sites excluding steroid dienone is 2. The molecule has 1 aliphatic heterocycles. The van der Waals surface area contributed by atoms with Gasteiger partial charge >= 0.3 is 0 Å². The Kier molecular flexibility index (Phi) is 2.17. The molecule has 88 valence electrons. The highest BCUT2D eigenvalue weighted by molar-refractivity contribution is 5.86. The van der Waals surface area contributed by atoms with Crippen LogP contribution in [0.3, 0.4) is 0 Å². The van der Waals surface area contributed by atoms with Gasteiger partial charge < -0.3 is 5.32 Å². The van der Waals surface area contributed by atoms with Crippen molar-refractivity contribution >= 4 is 5.91 Å². The summed E-state index contributed by atoms with van der Waals surface area (Å²) in [6.07, 6.45) is 7.39. The van der Waals surface area contributed by atoms with Crippen LogP contribution in [0.2, 0.25) is 0 Å². The predicted octanol–water partition coefficient (Wildman–Crippen LogP) is 3.00. The van der Waals surface area contributed by atoms with E-state index >= 15 is 0 Å². The van der Waals surface area contributed by atoms with Crippen LogP contribution < -0.4 is 5.32 Å². The Bertz CT molecular complexity index is 367. The van der Waals surface area contributed by atoms with E-state index in [1.807, 2.05) is 6.92 Å². The lowest BCUT2D eigenvalue weighted by Crippen LogP contribution is -2.47. The molecule has 2 aliphatic carbocycles. The lowest BCUT2D eigenvalue weighted by molar-refractivity contribution is -0.133. The zero-order valence-electron chi connectivity index (χ0n) is 10.3. The first-order valence-electron chi connectivity index (χ1n) is 6.61. The molecule has 2 atom stereocenters. The molecule has 2 heteroatoms. The molecular formula is C14H21NO. The Balaban J connectivity index is 1.94. The van der Waals surface area contributed by atoms with E-state index in [9.17, 15) is 4.79 Å². The summed E-state index contributed by atoms with van der Waals surface area (Å²) >= 11 is 0. The van der Waals surface area contributed by atoms with Crippen molar-refractivity contribution in [2.75, 3.05) is 0 Å². The molecule has 0 saturated heterocycles. The van der Waals surface area contributed by atoms with Crippen molar-refractivity contribution in [3.8, 4) is 0 Å². The molecule has 1 N–H and O–H groups in total. The minimum Gasteiger partial charge on any atom is -0.330 e. The van der Waals surface area contributed by atoms with E-state index in [0.29, 0.717) is 11.8 Å². The van der Waals surface area contributed by atoms with Crippen molar-refractivity contribution < 1.29 is 4.79 Å². The summed E-state index contributed by atoms with van der Waals surface area (Å²) in [7, 11) is 0. The maximum absolute atomic E-state index is 12.4. The fourth-order valence-electron chi connectivity index (χ4n) is 3.87. The van der Waals surface area contributed by atoms with Gasteiger partial charge in [-0.15, -0.1) is 0 Å². The molecule has 0 radical (unpaired) electrons. The van der Waals surface area contributed by atoms with Gasteiger partial charge in [0.25, 0.3) is 0 Å². The predicted molar refractivity (Wildman–Crippen MR) is 63.6 cm³/mol. The number of carbonyl (C=O) groups is 1. The second kappa shape index (κ2) is 3.35. The van der Waals surface area contributed by atoms with Crippen LogP contribution in [0, 0.1) is 17.3 Å². The highest BCUT2D eigenvalue weighted by Gasteiger charge is 2.54. The van der Waals surface area contributed by atoms with Crippen LogP contribution in [0.15, 0.2) is 11.3 Å². The van der Waals surface area contributed by atoms with Crippen LogP contribution in [-0.2, 0) is 4.79 Å². The molecule has 1 spiro atoms. The normalized spacial score (nSPS) is 39.4. The molecule has 0 aromatic heterocycles. The van der Waals surface area contributed by atoms with Gasteiger partial charge in [-0.2, -0.15) is 0 Å². The highest BCUT2D eigenvalue weighted by Crippen LogP contribution is 2.58. The minimum atomic E-state index is -0.0231. The van der Waals surface area contributed by atoms with Gasteiger partial charge in [-0.05, 0) is 57.8 Å². The van der Waals surface area contributed by atoms with E-state index in [1.54, 1.807) is 0 Å². The number of nitrogens with one attached hydrogen (secondary N) is 1. The van der Waals surface area contributed by atoms with Crippen LogP contribution in [0.25, 0.3) is 0 Å². The second-order valence-electron chi connectivity index (χ2n) is 6.03. The van der Waals surface area contributed by atoms with E-state index in [2.05, 4.69) is 12.2 Å². The van der Waals surface area contributed by atoms with Gasteiger partial charge in [0.15, 0.2) is 0 Å². The lowest BCUT2D eigenvalue weighted by Gasteiger charge is -2.38. The molecule has 16 heavy (non-hydrogen) atoms. The topological polar surface area (TPSA) is 29.1 Å². The number of rotatable bonds is 1. The molecule has 1 amide bonds. The molecule has 2 saturated carbocycles. The maximum Gasteiger partial charge on any atom is 0.230 e. The van der Waals surface area contributed by atoms with E-state index in [4.69, 9.17) is 0 Å². The van der Waals surface area contributed by atoms with Gasteiger partial charge in [0, 0.05) is 5.70 Å². The van der Waals surface area contributed by atoms with Gasteiger partial charge in [0.2, 0.25) is 5.91 Å². The average molecular weight is 219 g/mol. The average Bonchev–Trinajstić information content (AvgIpc) is 2.99. The van der Waals surface area contributed by atoms with Crippen LogP contribution in [0.1, 0.15) is 52.4 Å². The summed E-state index contributed by atoms with van der Waals surface area (Å²) in [5.41, 5.74) is 2.47. The number of hydrogen-bond donors (Lipinski definition) is 1. The molecule has 0 aromatic carbocycles. The first-order chi connectivity index (χ1) is 7.63. The summed E-state index contributed by atoms with van der Waals surface area (Å²) in [6, 6.07) is 0. The zero-order valence-corrected chi connectivity index (χ0v) is 10.3. The summed E-state index contributed by atoms with van der Waals surface area (Å²) < 4.78 is 0. The van der Waals surface area contributed by atoms with Crippen LogP contribution in [0.5, 0.6) is 0 Å². The van der Waals surface area contributed by atoms with Gasteiger partial charge in [-0.3, -0.25) is 4.79 Å². The van der Waals surface area contributed by atoms with Gasteiger partial charge in [0.1, 0.15) is 0 Å². The van der Waals surface area contributed by atoms with Crippen LogP contribution in [0.4, 0.5) is 0 Å². The first kappa shape index (κ1) is 10.4. The van der Waals surface area contributed by atoms with Gasteiger partial charge in [-0.1, -0.05) is 12.0 Å². The third-order valence-electron chi connectivity index (χ3n) is 5.01. The van der Waals surface area contributed by atoms with E-state index in [0.717, 1.165) is 24.5 Å². The summed E-state index contributed by atoms with van der Waals surface area (Å²) in [5.74, 6) is 1.86. The standard InChI is InChI=1S/C14H21NO/c1-9-8-14(13(16)15-10(9)2)7-3-4-12(14)11-5-6-11/h11-12H,3-8H2,1-2H3,(H,15,16). The van der Waals surface area contributed by atoms with Crippen molar-refractivity contribution in [3.05, 3.63) is 11.3 Å². The molecule has 0 bridgehead atoms. The summed E-state index contributed by atoms with van der Waals surface area (Å²) in [4.78, 5) is 12.4. The zero-order chi connectivity index (χ0) is 11.3. The Morgan fingerprint density at radius 1 is 1.25 bits per heavy atom. The van der Waals surface area contributed by atoms with Gasteiger partial charge in [-0.25, -0.2) is 0 Å². The monoisotopic (exact) mass is 219 g/mol. The molecule has 1 heterocycles. The fourth-order valence-corrected chi connectivity index (χ4v) is 3.87. The molecule has 2 nitrogen and oxygen atoms in total. The van der Waals surface area contributed by atoms with Crippen molar-refractivity contribution in [1.82, 2.24) is 5.32 Å². The van der Waals surface area contributed by atoms with Crippen molar-refractivity contribution in [1.29, 1.82) is 0 Å². The Hall–Kier alpha value is -0.790. The number of carbonyl (C=O) groups excluding carboxylic acids is 1. The van der Waals surface area contributed by atoms with E-state index < -0.39 is 0 Å². The summed E-state index contributed by atoms with van der Waals surface area (Å²) in [5, 5.41) is 3.12. The number of hydrogen-bond acceptors (Lipinski definition) is 1. The van der Waals surface area contributed by atoms with Crippen molar-refractivity contribution in [3.63, 3.8) is 0 Å². The molecule has 0 aromatic rings. The van der Waals surface area contributed by atoms with Gasteiger partial charge in [0.05, 0.1) is 5.41 Å². The fraction of sp³-hybridized carbons (Fsp3) is 0.786. The quantitative estimate of drug-likeness (QED) is 0.721. The van der Waals surface area contributed by atoms with Crippen molar-refractivity contribution in [2.24, 2.45) is 17.3 Å². The third kappa shape index (κ3) is 1.35. The third-order valence-corrected chi connectivity index (χ3v) is 5.01. The van der Waals surface area contributed by atoms with E-state index in [-0.39, 0.29) is 5.41 Å². The Morgan fingerprint density at radius 2 is 2.00 bits per heavy atom.